The van der Waals surface area contributed by atoms with E-state index in [-0.39, 0.29) is 23.1 Å². The fourth-order valence-electron chi connectivity index (χ4n) is 6.89. The van der Waals surface area contributed by atoms with Gasteiger partial charge in [-0.1, -0.05) is 26.0 Å². The van der Waals surface area contributed by atoms with Crippen molar-refractivity contribution in [2.24, 2.45) is 29.1 Å². The standard InChI is InChI=1S/C27H36N4O2/c1-18(2)24(30-26(33)27-15-20-12-21(16-27)14-22(13-20)17-27)25(32)28-10-8-19-4-6-23(7-5-19)31-11-3-9-29-31/h3-7,9,11,18,20-22,24H,8,10,12-17H2,1-2H3,(H,28,32)(H,30,33). The number of benzene rings is 1. The van der Waals surface area contributed by atoms with Crippen LogP contribution in [0.4, 0.5) is 0 Å². The maximum absolute atomic E-state index is 13.4. The first-order valence-electron chi connectivity index (χ1n) is 12.6. The van der Waals surface area contributed by atoms with E-state index in [1.54, 1.807) is 6.20 Å². The second-order valence-corrected chi connectivity index (χ2v) is 11.1. The normalized spacial score (nSPS) is 28.6. The molecule has 2 amide bonds. The zero-order valence-electron chi connectivity index (χ0n) is 19.8. The van der Waals surface area contributed by atoms with Gasteiger partial charge in [0.1, 0.15) is 6.04 Å². The largest absolute Gasteiger partial charge is 0.354 e. The van der Waals surface area contributed by atoms with Crippen molar-refractivity contribution in [1.82, 2.24) is 20.4 Å². The predicted octanol–water partition coefficient (Wildman–Crippen LogP) is 3.89. The van der Waals surface area contributed by atoms with Crippen LogP contribution in [0.2, 0.25) is 0 Å². The SMILES string of the molecule is CC(C)C(NC(=O)C12CC3CC(CC(C3)C1)C2)C(=O)NCCc1ccc(-n2cccn2)cc1. The van der Waals surface area contributed by atoms with Gasteiger partial charge < -0.3 is 10.6 Å². The molecule has 2 N–H and O–H groups in total. The number of nitrogens with zero attached hydrogens (tertiary/aromatic N) is 2. The predicted molar refractivity (Wildman–Crippen MR) is 128 cm³/mol. The highest BCUT2D eigenvalue weighted by atomic mass is 16.2. The van der Waals surface area contributed by atoms with Crippen molar-refractivity contribution in [2.45, 2.75) is 64.8 Å². The zero-order chi connectivity index (χ0) is 23.0. The first kappa shape index (κ1) is 22.2. The van der Waals surface area contributed by atoms with Crippen LogP contribution in [0.3, 0.4) is 0 Å². The van der Waals surface area contributed by atoms with Gasteiger partial charge in [0.2, 0.25) is 11.8 Å². The van der Waals surface area contributed by atoms with Gasteiger partial charge in [-0.2, -0.15) is 5.10 Å². The summed E-state index contributed by atoms with van der Waals surface area (Å²) in [4.78, 5) is 26.5. The number of hydrogen-bond acceptors (Lipinski definition) is 3. The van der Waals surface area contributed by atoms with Gasteiger partial charge in [-0.3, -0.25) is 9.59 Å². The molecule has 4 aliphatic carbocycles. The molecule has 1 unspecified atom stereocenters. The maximum atomic E-state index is 13.4. The van der Waals surface area contributed by atoms with Crippen LogP contribution in [0.15, 0.2) is 42.7 Å². The maximum Gasteiger partial charge on any atom is 0.242 e. The lowest BCUT2D eigenvalue weighted by molar-refractivity contribution is -0.149. The van der Waals surface area contributed by atoms with Crippen LogP contribution >= 0.6 is 0 Å². The molecule has 6 heteroatoms. The fraction of sp³-hybridized carbons (Fsp3) is 0.593. The smallest absolute Gasteiger partial charge is 0.242 e. The molecule has 1 aromatic carbocycles. The summed E-state index contributed by atoms with van der Waals surface area (Å²) in [6.45, 7) is 4.58. The summed E-state index contributed by atoms with van der Waals surface area (Å²) < 4.78 is 1.82. The molecular formula is C27H36N4O2. The molecule has 6 rings (SSSR count). The number of aromatic nitrogens is 2. The van der Waals surface area contributed by atoms with Crippen LogP contribution in [0.5, 0.6) is 0 Å². The summed E-state index contributed by atoms with van der Waals surface area (Å²) in [6, 6.07) is 9.62. The Kier molecular flexibility index (Phi) is 6.02. The first-order valence-corrected chi connectivity index (χ1v) is 12.6. The van der Waals surface area contributed by atoms with Crippen molar-refractivity contribution in [1.29, 1.82) is 0 Å². The minimum atomic E-state index is -0.479. The molecule has 1 heterocycles. The highest BCUT2D eigenvalue weighted by molar-refractivity contribution is 5.90. The topological polar surface area (TPSA) is 76.0 Å². The second kappa shape index (κ2) is 8.96. The number of carbonyl (C=O) groups is 2. The molecule has 0 saturated heterocycles. The van der Waals surface area contributed by atoms with E-state index >= 15 is 0 Å². The third-order valence-corrected chi connectivity index (χ3v) is 8.17. The average Bonchev–Trinajstić information content (AvgIpc) is 3.31. The van der Waals surface area contributed by atoms with Gasteiger partial charge in [0.05, 0.1) is 5.69 Å². The number of nitrogens with one attached hydrogen (secondary N) is 2. The highest BCUT2D eigenvalue weighted by Crippen LogP contribution is 2.60. The Labute approximate surface area is 196 Å². The van der Waals surface area contributed by atoms with Gasteiger partial charge >= 0.3 is 0 Å². The molecule has 4 bridgehead atoms. The lowest BCUT2D eigenvalue weighted by Crippen LogP contribution is -2.58. The molecule has 1 aromatic heterocycles. The average molecular weight is 449 g/mol. The highest BCUT2D eigenvalue weighted by Gasteiger charge is 2.55. The van der Waals surface area contributed by atoms with Crippen LogP contribution in [-0.2, 0) is 16.0 Å². The molecule has 1 atom stereocenters. The molecule has 4 fully saturated rings. The van der Waals surface area contributed by atoms with E-state index in [1.807, 2.05) is 42.9 Å². The fourth-order valence-corrected chi connectivity index (χ4v) is 6.89. The van der Waals surface area contributed by atoms with Crippen molar-refractivity contribution in [3.05, 3.63) is 48.3 Å². The van der Waals surface area contributed by atoms with E-state index in [9.17, 15) is 9.59 Å². The lowest BCUT2D eigenvalue weighted by atomic mass is 9.49. The van der Waals surface area contributed by atoms with E-state index in [2.05, 4.69) is 27.9 Å². The van der Waals surface area contributed by atoms with Crippen LogP contribution in [-0.4, -0.2) is 34.2 Å². The first-order chi connectivity index (χ1) is 15.9. The molecule has 4 saturated carbocycles. The minimum absolute atomic E-state index is 0.0521. The van der Waals surface area contributed by atoms with Crippen molar-refractivity contribution in [3.63, 3.8) is 0 Å². The molecule has 2 aromatic rings. The summed E-state index contributed by atoms with van der Waals surface area (Å²) >= 11 is 0. The third kappa shape index (κ3) is 4.57. The molecular weight excluding hydrogens is 412 g/mol. The van der Waals surface area contributed by atoms with E-state index in [4.69, 9.17) is 0 Å². The number of rotatable bonds is 8. The van der Waals surface area contributed by atoms with Gasteiger partial charge in [0.25, 0.3) is 0 Å². The Bertz CT molecular complexity index is 945. The monoisotopic (exact) mass is 448 g/mol. The summed E-state index contributed by atoms with van der Waals surface area (Å²) in [7, 11) is 0. The summed E-state index contributed by atoms with van der Waals surface area (Å²) in [5, 5.41) is 10.5. The van der Waals surface area contributed by atoms with Gasteiger partial charge in [-0.15, -0.1) is 0 Å². The van der Waals surface area contributed by atoms with E-state index in [1.165, 1.54) is 19.3 Å². The van der Waals surface area contributed by atoms with E-state index < -0.39 is 6.04 Å². The second-order valence-electron chi connectivity index (χ2n) is 11.1. The minimum Gasteiger partial charge on any atom is -0.354 e. The summed E-state index contributed by atoms with van der Waals surface area (Å²) in [5.74, 6) is 2.26. The van der Waals surface area contributed by atoms with Gasteiger partial charge in [-0.05, 0) is 92.4 Å². The molecule has 176 valence electrons. The Balaban J connectivity index is 1.15. The Hall–Kier alpha value is -2.63. The van der Waals surface area contributed by atoms with Crippen LogP contribution in [0.1, 0.15) is 57.9 Å². The summed E-state index contributed by atoms with van der Waals surface area (Å²) in [5.41, 5.74) is 1.95. The lowest BCUT2D eigenvalue weighted by Gasteiger charge is -2.55. The van der Waals surface area contributed by atoms with Crippen molar-refractivity contribution >= 4 is 11.8 Å². The van der Waals surface area contributed by atoms with Crippen molar-refractivity contribution in [3.8, 4) is 5.69 Å². The van der Waals surface area contributed by atoms with Crippen molar-refractivity contribution < 1.29 is 9.59 Å². The molecule has 0 spiro atoms. The zero-order valence-corrected chi connectivity index (χ0v) is 19.8. The van der Waals surface area contributed by atoms with Gasteiger partial charge in [0.15, 0.2) is 0 Å². The molecule has 0 aliphatic heterocycles. The third-order valence-electron chi connectivity index (χ3n) is 8.17. The van der Waals surface area contributed by atoms with Crippen LogP contribution in [0.25, 0.3) is 5.69 Å². The van der Waals surface area contributed by atoms with Crippen LogP contribution in [0, 0.1) is 29.1 Å². The van der Waals surface area contributed by atoms with E-state index in [0.717, 1.165) is 36.9 Å². The van der Waals surface area contributed by atoms with Crippen molar-refractivity contribution in [2.75, 3.05) is 6.54 Å². The van der Waals surface area contributed by atoms with Crippen LogP contribution < -0.4 is 10.6 Å². The summed E-state index contributed by atoms with van der Waals surface area (Å²) in [6.07, 6.45) is 11.4. The molecule has 4 aliphatic rings. The number of amides is 2. The number of carbonyl (C=O) groups excluding carboxylic acids is 2. The Morgan fingerprint density at radius 3 is 2.24 bits per heavy atom. The van der Waals surface area contributed by atoms with Gasteiger partial charge in [0, 0.05) is 24.4 Å². The molecule has 6 nitrogen and oxygen atoms in total. The Morgan fingerprint density at radius 2 is 1.70 bits per heavy atom. The molecule has 0 radical (unpaired) electrons. The van der Waals surface area contributed by atoms with E-state index in [0.29, 0.717) is 24.3 Å². The molecule has 33 heavy (non-hydrogen) atoms. The quantitative estimate of drug-likeness (QED) is 0.643. The van der Waals surface area contributed by atoms with Gasteiger partial charge in [-0.25, -0.2) is 4.68 Å². The Morgan fingerprint density at radius 1 is 1.06 bits per heavy atom. The number of hydrogen-bond donors (Lipinski definition) is 2.